The highest BCUT2D eigenvalue weighted by Crippen LogP contribution is 2.51. The first-order chi connectivity index (χ1) is 21.9. The number of piperidine rings is 1. The fraction of sp³-hybridized carbons (Fsp3) is 0.382. The molecule has 1 saturated heterocycles. The van der Waals surface area contributed by atoms with Gasteiger partial charge in [-0.05, 0) is 86.3 Å². The van der Waals surface area contributed by atoms with Gasteiger partial charge in [-0.15, -0.1) is 0 Å². The molecule has 5 heterocycles. The van der Waals surface area contributed by atoms with E-state index in [1.54, 1.807) is 12.1 Å². The van der Waals surface area contributed by atoms with Crippen molar-refractivity contribution in [1.29, 1.82) is 5.26 Å². The first kappa shape index (κ1) is 29.3. The lowest BCUT2D eigenvalue weighted by Gasteiger charge is -2.33. The van der Waals surface area contributed by atoms with Crippen LogP contribution in [0.1, 0.15) is 49.6 Å². The molecule has 230 valence electrons. The number of fused-ring (bicyclic) bond motifs is 1. The van der Waals surface area contributed by atoms with E-state index in [1.807, 2.05) is 42.7 Å². The molecule has 0 bridgehead atoms. The molecule has 9 nitrogen and oxygen atoms in total. The number of nitriles is 1. The van der Waals surface area contributed by atoms with Crippen LogP contribution >= 0.6 is 11.3 Å². The summed E-state index contributed by atoms with van der Waals surface area (Å²) in [6, 6.07) is 12.3. The summed E-state index contributed by atoms with van der Waals surface area (Å²) in [5, 5.41) is 20.2. The quantitative estimate of drug-likeness (QED) is 0.195. The van der Waals surface area contributed by atoms with Gasteiger partial charge in [-0.25, -0.2) is 24.3 Å². The Kier molecular flexibility index (Phi) is 7.71. The van der Waals surface area contributed by atoms with Gasteiger partial charge in [-0.1, -0.05) is 18.3 Å². The summed E-state index contributed by atoms with van der Waals surface area (Å²) in [5.74, 6) is 1.96. The van der Waals surface area contributed by atoms with Gasteiger partial charge in [-0.3, -0.25) is 4.40 Å². The Bertz CT molecular complexity index is 1870. The van der Waals surface area contributed by atoms with Crippen LogP contribution < -0.4 is 9.80 Å². The monoisotopic (exact) mass is 622 g/mol. The van der Waals surface area contributed by atoms with Crippen LogP contribution in [-0.4, -0.2) is 56.2 Å². The second kappa shape index (κ2) is 11.8. The molecule has 4 aromatic heterocycles. The molecular weight excluding hydrogens is 587 g/mol. The zero-order valence-corrected chi connectivity index (χ0v) is 26.3. The van der Waals surface area contributed by atoms with Crippen LogP contribution in [0.3, 0.4) is 0 Å². The van der Waals surface area contributed by atoms with Crippen LogP contribution in [-0.2, 0) is 6.42 Å². The number of anilines is 3. The second-order valence-electron chi connectivity index (χ2n) is 12.3. The number of nitrogens with zero attached hydrogens (tertiary/aromatic N) is 8. The number of halogens is 1. The van der Waals surface area contributed by atoms with Gasteiger partial charge in [0.15, 0.2) is 5.13 Å². The highest BCUT2D eigenvalue weighted by molar-refractivity contribution is 7.16. The van der Waals surface area contributed by atoms with E-state index in [0.717, 1.165) is 66.6 Å². The Morgan fingerprint density at radius 1 is 1.04 bits per heavy atom. The molecule has 7 rings (SSSR count). The van der Waals surface area contributed by atoms with E-state index in [2.05, 4.69) is 22.3 Å². The molecule has 0 radical (unpaired) electrons. The Morgan fingerprint density at radius 3 is 2.40 bits per heavy atom. The number of aliphatic hydroxyl groups is 1. The van der Waals surface area contributed by atoms with Crippen LogP contribution in [0.5, 0.6) is 0 Å². The van der Waals surface area contributed by atoms with Crippen molar-refractivity contribution >= 4 is 33.9 Å². The average molecular weight is 623 g/mol. The van der Waals surface area contributed by atoms with Gasteiger partial charge in [0.1, 0.15) is 33.9 Å². The number of hydrogen-bond acceptors (Lipinski definition) is 9. The molecule has 0 unspecified atom stereocenters. The summed E-state index contributed by atoms with van der Waals surface area (Å²) in [5.41, 5.74) is 5.03. The fourth-order valence-corrected chi connectivity index (χ4v) is 7.30. The first-order valence-electron chi connectivity index (χ1n) is 15.5. The fourth-order valence-electron chi connectivity index (χ4n) is 6.45. The molecule has 1 aliphatic heterocycles. The number of benzene rings is 1. The molecule has 2 aliphatic rings. The third kappa shape index (κ3) is 5.64. The zero-order valence-electron chi connectivity index (χ0n) is 25.4. The number of thiazole rings is 1. The summed E-state index contributed by atoms with van der Waals surface area (Å²) in [6.45, 7) is 4.27. The van der Waals surface area contributed by atoms with Crippen molar-refractivity contribution in [3.8, 4) is 28.5 Å². The van der Waals surface area contributed by atoms with E-state index in [9.17, 15) is 14.8 Å². The summed E-state index contributed by atoms with van der Waals surface area (Å²) in [4.78, 5) is 23.9. The van der Waals surface area contributed by atoms with Crippen LogP contribution in [0.25, 0.3) is 28.0 Å². The Hall–Kier alpha value is -4.40. The summed E-state index contributed by atoms with van der Waals surface area (Å²) in [7, 11) is 1.93. The highest BCUT2D eigenvalue weighted by atomic mass is 32.1. The molecule has 1 saturated carbocycles. The Labute approximate surface area is 265 Å². The molecule has 2 fully saturated rings. The maximum atomic E-state index is 13.5. The van der Waals surface area contributed by atoms with Crippen LogP contribution in [0.2, 0.25) is 0 Å². The van der Waals surface area contributed by atoms with Gasteiger partial charge in [-0.2, -0.15) is 5.26 Å². The average Bonchev–Trinajstić information content (AvgIpc) is 3.55. The third-order valence-corrected chi connectivity index (χ3v) is 10.4. The van der Waals surface area contributed by atoms with E-state index < -0.39 is 0 Å². The van der Waals surface area contributed by atoms with E-state index in [4.69, 9.17) is 19.9 Å². The van der Waals surface area contributed by atoms with Crippen molar-refractivity contribution in [1.82, 2.24) is 24.3 Å². The molecule has 0 amide bonds. The predicted octanol–water partition coefficient (Wildman–Crippen LogP) is 6.63. The summed E-state index contributed by atoms with van der Waals surface area (Å²) >= 11 is 1.30. The number of aliphatic hydroxyl groups excluding tert-OH is 1. The summed E-state index contributed by atoms with van der Waals surface area (Å²) in [6.07, 6.45) is 12.2. The molecule has 1 N–H and O–H groups in total. The SMILES string of the molecule is CCc1nc2ccc(-c3cnc(N4CCC(CC5(CO)CC5)CC4)nc3)cn2c1N(C)c1nc(-c2ccc(F)cc2)c(C#N)s1. The molecule has 11 heteroatoms. The number of aromatic nitrogens is 5. The van der Waals surface area contributed by atoms with Crippen molar-refractivity contribution in [2.45, 2.75) is 45.4 Å². The number of aryl methyl sites for hydroxylation is 1. The van der Waals surface area contributed by atoms with E-state index in [-0.39, 0.29) is 11.2 Å². The van der Waals surface area contributed by atoms with Crippen molar-refractivity contribution < 1.29 is 9.50 Å². The molecule has 0 atom stereocenters. The first-order valence-corrected chi connectivity index (χ1v) is 16.3. The number of imidazole rings is 1. The van der Waals surface area contributed by atoms with Gasteiger partial charge in [0.05, 0.1) is 5.69 Å². The van der Waals surface area contributed by atoms with Gasteiger partial charge in [0, 0.05) is 62.0 Å². The zero-order chi connectivity index (χ0) is 31.1. The van der Waals surface area contributed by atoms with Crippen LogP contribution in [0.15, 0.2) is 55.0 Å². The van der Waals surface area contributed by atoms with E-state index in [0.29, 0.717) is 40.2 Å². The summed E-state index contributed by atoms with van der Waals surface area (Å²) < 4.78 is 15.6. The van der Waals surface area contributed by atoms with Gasteiger partial charge in [0.2, 0.25) is 5.95 Å². The van der Waals surface area contributed by atoms with Gasteiger partial charge in [0.25, 0.3) is 0 Å². The lowest BCUT2D eigenvalue weighted by atomic mass is 9.86. The third-order valence-electron chi connectivity index (χ3n) is 9.32. The normalized spacial score (nSPS) is 16.2. The molecular formula is C34H35FN8OS. The second-order valence-corrected chi connectivity index (χ2v) is 13.3. The number of hydrogen-bond donors (Lipinski definition) is 1. The topological polar surface area (TPSA) is 106 Å². The minimum absolute atomic E-state index is 0.209. The minimum Gasteiger partial charge on any atom is -0.396 e. The molecule has 1 aromatic carbocycles. The maximum Gasteiger partial charge on any atom is 0.225 e. The lowest BCUT2D eigenvalue weighted by molar-refractivity contribution is 0.174. The molecule has 45 heavy (non-hydrogen) atoms. The molecule has 0 spiro atoms. The Morgan fingerprint density at radius 2 is 1.76 bits per heavy atom. The van der Waals surface area contributed by atoms with Crippen LogP contribution in [0.4, 0.5) is 21.3 Å². The van der Waals surface area contributed by atoms with Crippen molar-refractivity contribution in [2.24, 2.45) is 11.3 Å². The predicted molar refractivity (Wildman–Crippen MR) is 174 cm³/mol. The van der Waals surface area contributed by atoms with E-state index in [1.165, 1.54) is 36.3 Å². The minimum atomic E-state index is -0.333. The largest absolute Gasteiger partial charge is 0.396 e. The Balaban J connectivity index is 1.13. The smallest absolute Gasteiger partial charge is 0.225 e. The highest BCUT2D eigenvalue weighted by Gasteiger charge is 2.43. The lowest BCUT2D eigenvalue weighted by Crippen LogP contribution is -2.35. The molecule has 1 aliphatic carbocycles. The van der Waals surface area contributed by atoms with Crippen LogP contribution in [0, 0.1) is 28.5 Å². The number of rotatable bonds is 9. The van der Waals surface area contributed by atoms with Crippen molar-refractivity contribution in [2.75, 3.05) is 36.5 Å². The molecule has 5 aromatic rings. The van der Waals surface area contributed by atoms with Crippen molar-refractivity contribution in [3.05, 3.63) is 71.4 Å². The number of pyridine rings is 1. The van der Waals surface area contributed by atoms with Gasteiger partial charge < -0.3 is 14.9 Å². The van der Waals surface area contributed by atoms with E-state index >= 15 is 0 Å². The maximum absolute atomic E-state index is 13.5. The standard InChI is InChI=1S/C34H35FN8OS/c1-3-27-31(41(2)33-40-30(28(17-36)45-33)23-4-7-26(35)8-5-23)43-20-24(6-9-29(43)39-27)25-18-37-32(38-19-25)42-14-10-22(11-15-42)16-34(21-44)12-13-34/h4-9,18-20,22,44H,3,10-16,21H2,1-2H3. The van der Waals surface area contributed by atoms with Crippen molar-refractivity contribution in [3.63, 3.8) is 0 Å². The van der Waals surface area contributed by atoms with Gasteiger partial charge >= 0.3 is 0 Å².